The molecular weight excluding hydrogens is 646 g/mol. The number of carbonyl (C=O) groups excluding carboxylic acids is 4. The predicted octanol–water partition coefficient (Wildman–Crippen LogP) is 5.91. The van der Waals surface area contributed by atoms with Crippen molar-refractivity contribution in [2.45, 2.75) is 20.8 Å². The zero-order chi connectivity index (χ0) is 29.0. The molecule has 1 heterocycles. The highest BCUT2D eigenvalue weighted by Gasteiger charge is 2.37. The first kappa shape index (κ1) is 29.0. The van der Waals surface area contributed by atoms with Crippen LogP contribution in [0.25, 0.3) is 6.08 Å². The maximum Gasteiger partial charge on any atom is 0.335 e. The molecule has 5 amide bonds. The number of hydrogen-bond donors (Lipinski definition) is 2. The molecule has 2 N–H and O–H groups in total. The second kappa shape index (κ2) is 12.5. The highest BCUT2D eigenvalue weighted by Crippen LogP contribution is 2.35. The first-order valence-electron chi connectivity index (χ1n) is 12.2. The van der Waals surface area contributed by atoms with Gasteiger partial charge in [-0.05, 0) is 96.4 Å². The Balaban J connectivity index is 1.61. The number of halogens is 2. The summed E-state index contributed by atoms with van der Waals surface area (Å²) in [5, 5.41) is 5.04. The second-order valence-electron chi connectivity index (χ2n) is 8.85. The average molecular weight is 671 g/mol. The molecule has 0 aliphatic carbocycles. The van der Waals surface area contributed by atoms with E-state index in [4.69, 9.17) is 9.47 Å². The lowest BCUT2D eigenvalue weighted by atomic mass is 10.1. The first-order valence-corrected chi connectivity index (χ1v) is 13.8. The summed E-state index contributed by atoms with van der Waals surface area (Å²) < 4.78 is 12.4. The van der Waals surface area contributed by atoms with Gasteiger partial charge in [-0.1, -0.05) is 28.1 Å². The van der Waals surface area contributed by atoms with Gasteiger partial charge in [-0.2, -0.15) is 0 Å². The van der Waals surface area contributed by atoms with Gasteiger partial charge in [-0.15, -0.1) is 0 Å². The number of barbiturate groups is 1. The molecule has 9 nitrogen and oxygen atoms in total. The summed E-state index contributed by atoms with van der Waals surface area (Å²) in [6.45, 7) is 5.79. The Hall–Kier alpha value is -3.96. The van der Waals surface area contributed by atoms with Crippen molar-refractivity contribution in [2.24, 2.45) is 0 Å². The normalized spacial score (nSPS) is 14.3. The van der Waals surface area contributed by atoms with Crippen LogP contribution < -0.4 is 25.0 Å². The molecule has 1 aliphatic rings. The fourth-order valence-corrected chi connectivity index (χ4v) is 5.31. The molecule has 0 spiro atoms. The maximum absolute atomic E-state index is 13.4. The van der Waals surface area contributed by atoms with Crippen molar-refractivity contribution in [1.82, 2.24) is 5.32 Å². The topological polar surface area (TPSA) is 114 Å². The van der Waals surface area contributed by atoms with Gasteiger partial charge < -0.3 is 14.8 Å². The summed E-state index contributed by atoms with van der Waals surface area (Å²) in [6.07, 6.45) is 1.32. The van der Waals surface area contributed by atoms with E-state index < -0.39 is 17.8 Å². The van der Waals surface area contributed by atoms with Crippen LogP contribution in [0.1, 0.15) is 23.6 Å². The molecule has 0 atom stereocenters. The Morgan fingerprint density at radius 3 is 2.42 bits per heavy atom. The van der Waals surface area contributed by atoms with Crippen LogP contribution in [0, 0.1) is 13.8 Å². The van der Waals surface area contributed by atoms with E-state index in [1.54, 1.807) is 36.4 Å². The number of benzene rings is 3. The summed E-state index contributed by atoms with van der Waals surface area (Å²) in [6, 6.07) is 14.5. The second-order valence-corrected chi connectivity index (χ2v) is 10.6. The van der Waals surface area contributed by atoms with E-state index in [9.17, 15) is 19.2 Å². The molecule has 0 aromatic heterocycles. The van der Waals surface area contributed by atoms with Crippen molar-refractivity contribution in [2.75, 3.05) is 23.4 Å². The lowest BCUT2D eigenvalue weighted by molar-refractivity contribution is -0.122. The van der Waals surface area contributed by atoms with Gasteiger partial charge in [-0.25, -0.2) is 9.69 Å². The number of rotatable bonds is 8. The van der Waals surface area contributed by atoms with E-state index in [-0.39, 0.29) is 29.5 Å². The lowest BCUT2D eigenvalue weighted by Gasteiger charge is -2.26. The number of imide groups is 2. The lowest BCUT2D eigenvalue weighted by Crippen LogP contribution is -2.54. The van der Waals surface area contributed by atoms with Crippen molar-refractivity contribution in [3.8, 4) is 11.5 Å². The molecule has 40 heavy (non-hydrogen) atoms. The number of anilines is 2. The van der Waals surface area contributed by atoms with Crippen LogP contribution in [0.15, 0.2) is 69.1 Å². The van der Waals surface area contributed by atoms with Gasteiger partial charge in [-0.3, -0.25) is 19.7 Å². The number of nitrogens with zero attached hydrogens (tertiary/aromatic N) is 1. The van der Waals surface area contributed by atoms with Crippen LogP contribution in [0.5, 0.6) is 11.5 Å². The fourth-order valence-electron chi connectivity index (χ4n) is 3.94. The predicted molar refractivity (Wildman–Crippen MR) is 158 cm³/mol. The molecule has 0 bridgehead atoms. The Morgan fingerprint density at radius 1 is 1.00 bits per heavy atom. The molecule has 1 fully saturated rings. The number of hydrogen-bond acceptors (Lipinski definition) is 6. The monoisotopic (exact) mass is 669 g/mol. The molecule has 1 aliphatic heterocycles. The zero-order valence-corrected chi connectivity index (χ0v) is 25.0. The number of carbonyl (C=O) groups is 4. The molecule has 206 valence electrons. The first-order chi connectivity index (χ1) is 19.1. The summed E-state index contributed by atoms with van der Waals surface area (Å²) in [7, 11) is 0. The molecule has 0 saturated carbocycles. The molecule has 11 heteroatoms. The quantitative estimate of drug-likeness (QED) is 0.228. The summed E-state index contributed by atoms with van der Waals surface area (Å²) in [4.78, 5) is 52.3. The highest BCUT2D eigenvalue weighted by atomic mass is 79.9. The minimum Gasteiger partial charge on any atom is -0.494 e. The molecule has 1 saturated heterocycles. The third-order valence-electron chi connectivity index (χ3n) is 5.86. The number of ether oxygens (including phenoxy) is 2. The van der Waals surface area contributed by atoms with Crippen molar-refractivity contribution < 1.29 is 28.7 Å². The van der Waals surface area contributed by atoms with Gasteiger partial charge in [0.1, 0.15) is 17.1 Å². The van der Waals surface area contributed by atoms with Crippen LogP contribution in [0.3, 0.4) is 0 Å². The molecule has 4 rings (SSSR count). The van der Waals surface area contributed by atoms with Crippen molar-refractivity contribution in [3.63, 3.8) is 0 Å². The number of amides is 5. The SMILES string of the molecule is CCOc1ccc(N2C(=O)NC(=O)/C(=C\c3cc(Br)cc(Br)c3OCC(=O)Nc3cc(C)ccc3C)C2=O)cc1. The minimum atomic E-state index is -0.869. The Kier molecular flexibility index (Phi) is 9.06. The van der Waals surface area contributed by atoms with Crippen LogP contribution >= 0.6 is 31.9 Å². The average Bonchev–Trinajstić information content (AvgIpc) is 2.89. The van der Waals surface area contributed by atoms with Crippen molar-refractivity contribution in [1.29, 1.82) is 0 Å². The molecule has 0 unspecified atom stereocenters. The van der Waals surface area contributed by atoms with Crippen molar-refractivity contribution in [3.05, 3.63) is 85.8 Å². The third kappa shape index (κ3) is 6.60. The van der Waals surface area contributed by atoms with Gasteiger partial charge >= 0.3 is 6.03 Å². The Labute approximate surface area is 247 Å². The van der Waals surface area contributed by atoms with E-state index in [2.05, 4.69) is 42.5 Å². The summed E-state index contributed by atoms with van der Waals surface area (Å²) in [5.74, 6) is -1.25. The van der Waals surface area contributed by atoms with E-state index in [0.717, 1.165) is 16.0 Å². The minimum absolute atomic E-state index is 0.233. The van der Waals surface area contributed by atoms with Crippen LogP contribution in [-0.2, 0) is 14.4 Å². The van der Waals surface area contributed by atoms with Gasteiger partial charge in [0.2, 0.25) is 0 Å². The van der Waals surface area contributed by atoms with E-state index in [1.807, 2.05) is 39.0 Å². The summed E-state index contributed by atoms with van der Waals surface area (Å²) in [5.41, 5.74) is 2.89. The van der Waals surface area contributed by atoms with Gasteiger partial charge in [0.05, 0.1) is 16.8 Å². The van der Waals surface area contributed by atoms with Gasteiger partial charge in [0.25, 0.3) is 17.7 Å². The van der Waals surface area contributed by atoms with Crippen LogP contribution in [0.2, 0.25) is 0 Å². The highest BCUT2D eigenvalue weighted by molar-refractivity contribution is 9.11. The van der Waals surface area contributed by atoms with E-state index in [1.165, 1.54) is 6.08 Å². The van der Waals surface area contributed by atoms with Crippen molar-refractivity contribution >= 4 is 73.1 Å². The standard InChI is InChI=1S/C29H25Br2N3O6/c1-4-39-21-9-7-20(8-10-21)34-28(37)22(27(36)33-29(34)38)13-18-12-19(30)14-23(31)26(18)40-15-25(35)32-24-11-16(2)5-6-17(24)3/h5-14H,4,15H2,1-3H3,(H,32,35)(H,33,36,38)/b22-13+. The Morgan fingerprint density at radius 2 is 1.73 bits per heavy atom. The maximum atomic E-state index is 13.4. The molecule has 3 aromatic carbocycles. The Bertz CT molecular complexity index is 1540. The molecular formula is C29H25Br2N3O6. The van der Waals surface area contributed by atoms with E-state index >= 15 is 0 Å². The molecule has 0 radical (unpaired) electrons. The van der Waals surface area contributed by atoms with Crippen LogP contribution in [0.4, 0.5) is 16.2 Å². The van der Waals surface area contributed by atoms with Crippen LogP contribution in [-0.4, -0.2) is 37.0 Å². The zero-order valence-electron chi connectivity index (χ0n) is 21.8. The molecule has 3 aromatic rings. The fraction of sp³-hybridized carbons (Fsp3) is 0.172. The smallest absolute Gasteiger partial charge is 0.335 e. The van der Waals surface area contributed by atoms with Gasteiger partial charge in [0, 0.05) is 15.7 Å². The van der Waals surface area contributed by atoms with Gasteiger partial charge in [0.15, 0.2) is 6.61 Å². The number of urea groups is 1. The summed E-state index contributed by atoms with van der Waals surface area (Å²) >= 11 is 6.83. The number of nitrogens with one attached hydrogen (secondary N) is 2. The van der Waals surface area contributed by atoms with E-state index in [0.29, 0.717) is 32.6 Å². The number of aryl methyl sites for hydroxylation is 2. The largest absolute Gasteiger partial charge is 0.494 e. The third-order valence-corrected chi connectivity index (χ3v) is 6.91.